The van der Waals surface area contributed by atoms with E-state index in [2.05, 4.69) is 5.32 Å². The van der Waals surface area contributed by atoms with Crippen molar-refractivity contribution < 1.29 is 9.53 Å². The molecule has 0 heterocycles. The van der Waals surface area contributed by atoms with Crippen molar-refractivity contribution in [3.05, 3.63) is 99.5 Å². The van der Waals surface area contributed by atoms with Gasteiger partial charge in [-0.3, -0.25) is 4.79 Å². The average Bonchev–Trinajstić information content (AvgIpc) is 2.73. The lowest BCUT2D eigenvalue weighted by molar-refractivity contribution is -0.112. The molecule has 0 saturated carbocycles. The summed E-state index contributed by atoms with van der Waals surface area (Å²) in [6, 6.07) is 23.3. The number of rotatable bonds is 6. The first-order valence-corrected chi connectivity index (χ1v) is 9.47. The van der Waals surface area contributed by atoms with Gasteiger partial charge in [0.2, 0.25) is 0 Å². The summed E-state index contributed by atoms with van der Waals surface area (Å²) >= 11 is 12.2. The van der Waals surface area contributed by atoms with Gasteiger partial charge in [-0.05, 0) is 30.3 Å². The Balaban J connectivity index is 1.81. The van der Waals surface area contributed by atoms with Crippen LogP contribution in [0.2, 0.25) is 10.0 Å². The van der Waals surface area contributed by atoms with Crippen molar-refractivity contribution in [2.45, 2.75) is 6.61 Å². The molecule has 0 atom stereocenters. The monoisotopic (exact) mass is 422 g/mol. The fraction of sp³-hybridized carbons (Fsp3) is 0.0435. The molecule has 1 N–H and O–H groups in total. The summed E-state index contributed by atoms with van der Waals surface area (Å²) in [5.41, 5.74) is 1.80. The van der Waals surface area contributed by atoms with Gasteiger partial charge in [0, 0.05) is 16.1 Å². The number of benzene rings is 3. The highest BCUT2D eigenvalue weighted by Crippen LogP contribution is 2.25. The minimum absolute atomic E-state index is 0.0706. The topological polar surface area (TPSA) is 62.1 Å². The van der Waals surface area contributed by atoms with Crippen molar-refractivity contribution in [3.8, 4) is 11.8 Å². The first kappa shape index (κ1) is 20.5. The summed E-state index contributed by atoms with van der Waals surface area (Å²) in [6.07, 6.45) is 1.48. The largest absolute Gasteiger partial charge is 0.488 e. The van der Waals surface area contributed by atoms with Gasteiger partial charge in [-0.2, -0.15) is 5.26 Å². The van der Waals surface area contributed by atoms with Gasteiger partial charge < -0.3 is 10.1 Å². The quantitative estimate of drug-likeness (QED) is 0.384. The second-order valence-electron chi connectivity index (χ2n) is 6.02. The number of nitriles is 1. The summed E-state index contributed by atoms with van der Waals surface area (Å²) in [5, 5.41) is 13.1. The van der Waals surface area contributed by atoms with Gasteiger partial charge in [-0.1, -0.05) is 71.7 Å². The lowest BCUT2D eigenvalue weighted by Gasteiger charge is -2.11. The SMILES string of the molecule is N#C/C(=C\c1ccccc1OCc1ccccc1Cl)C(=O)Nc1ccccc1Cl. The molecule has 0 unspecified atom stereocenters. The number of halogens is 2. The Labute approximate surface area is 179 Å². The van der Waals surface area contributed by atoms with Crippen LogP contribution in [0.1, 0.15) is 11.1 Å². The highest BCUT2D eigenvalue weighted by molar-refractivity contribution is 6.34. The van der Waals surface area contributed by atoms with Gasteiger partial charge in [0.05, 0.1) is 10.7 Å². The Morgan fingerprint density at radius 2 is 1.62 bits per heavy atom. The highest BCUT2D eigenvalue weighted by atomic mass is 35.5. The van der Waals surface area contributed by atoms with E-state index in [9.17, 15) is 10.1 Å². The van der Waals surface area contributed by atoms with E-state index in [1.165, 1.54) is 6.08 Å². The zero-order valence-corrected chi connectivity index (χ0v) is 16.7. The first-order valence-electron chi connectivity index (χ1n) is 8.71. The number of anilines is 1. The smallest absolute Gasteiger partial charge is 0.266 e. The predicted octanol–water partition coefficient (Wildman–Crippen LogP) is 6.12. The van der Waals surface area contributed by atoms with Gasteiger partial charge in [0.15, 0.2) is 0 Å². The van der Waals surface area contributed by atoms with Crippen molar-refractivity contribution in [2.75, 3.05) is 5.32 Å². The second-order valence-corrected chi connectivity index (χ2v) is 6.84. The van der Waals surface area contributed by atoms with Crippen LogP contribution in [-0.4, -0.2) is 5.91 Å². The number of hydrogen-bond donors (Lipinski definition) is 1. The summed E-state index contributed by atoms with van der Waals surface area (Å²) in [4.78, 5) is 12.5. The van der Waals surface area contributed by atoms with Crippen LogP contribution in [0.25, 0.3) is 6.08 Å². The van der Waals surface area contributed by atoms with Crippen LogP contribution in [0, 0.1) is 11.3 Å². The Hall–Kier alpha value is -3.26. The molecule has 3 aromatic rings. The summed E-state index contributed by atoms with van der Waals surface area (Å²) in [6.45, 7) is 0.262. The molecule has 0 aliphatic rings. The van der Waals surface area contributed by atoms with Crippen molar-refractivity contribution in [1.82, 2.24) is 0 Å². The van der Waals surface area contributed by atoms with E-state index < -0.39 is 5.91 Å². The van der Waals surface area contributed by atoms with E-state index in [-0.39, 0.29) is 12.2 Å². The van der Waals surface area contributed by atoms with E-state index in [1.807, 2.05) is 30.3 Å². The van der Waals surface area contributed by atoms with Crippen LogP contribution in [0.5, 0.6) is 5.75 Å². The number of ether oxygens (including phenoxy) is 1. The number of carbonyl (C=O) groups excluding carboxylic acids is 1. The number of nitrogens with one attached hydrogen (secondary N) is 1. The van der Waals surface area contributed by atoms with Gasteiger partial charge >= 0.3 is 0 Å². The van der Waals surface area contributed by atoms with Crippen molar-refractivity contribution in [3.63, 3.8) is 0 Å². The van der Waals surface area contributed by atoms with Crippen LogP contribution in [0.15, 0.2) is 78.4 Å². The maximum Gasteiger partial charge on any atom is 0.266 e. The molecule has 0 saturated heterocycles. The summed E-state index contributed by atoms with van der Waals surface area (Å²) in [5.74, 6) is -0.0211. The number of hydrogen-bond acceptors (Lipinski definition) is 3. The van der Waals surface area contributed by atoms with Crippen LogP contribution < -0.4 is 10.1 Å². The van der Waals surface area contributed by atoms with Crippen LogP contribution in [-0.2, 0) is 11.4 Å². The molecule has 0 aromatic heterocycles. The molecule has 6 heteroatoms. The molecule has 0 fully saturated rings. The number of amides is 1. The standard InChI is InChI=1S/C23H16Cl2N2O2/c24-19-9-3-1-8-17(19)15-29-22-12-6-2-7-16(22)13-18(14-26)23(28)27-21-11-5-4-10-20(21)25/h1-13H,15H2,(H,27,28)/b18-13+. The second kappa shape index (κ2) is 9.79. The maximum absolute atomic E-state index is 12.5. The Morgan fingerprint density at radius 3 is 2.34 bits per heavy atom. The highest BCUT2D eigenvalue weighted by Gasteiger charge is 2.13. The molecule has 4 nitrogen and oxygen atoms in total. The summed E-state index contributed by atoms with van der Waals surface area (Å²) < 4.78 is 5.88. The Kier molecular flexibility index (Phi) is 6.91. The molecule has 29 heavy (non-hydrogen) atoms. The molecule has 1 amide bonds. The molecule has 0 bridgehead atoms. The number of para-hydroxylation sites is 2. The van der Waals surface area contributed by atoms with Gasteiger partial charge in [0.25, 0.3) is 5.91 Å². The van der Waals surface area contributed by atoms with Gasteiger partial charge in [-0.25, -0.2) is 0 Å². The predicted molar refractivity (Wildman–Crippen MR) is 116 cm³/mol. The summed E-state index contributed by atoms with van der Waals surface area (Å²) in [7, 11) is 0. The third kappa shape index (κ3) is 5.39. The van der Waals surface area contributed by atoms with Crippen LogP contribution in [0.4, 0.5) is 5.69 Å². The van der Waals surface area contributed by atoms with Crippen LogP contribution >= 0.6 is 23.2 Å². The van der Waals surface area contributed by atoms with Crippen LogP contribution in [0.3, 0.4) is 0 Å². The normalized spacial score (nSPS) is 10.9. The van der Waals surface area contributed by atoms with E-state index in [4.69, 9.17) is 27.9 Å². The lowest BCUT2D eigenvalue weighted by atomic mass is 10.1. The first-order chi connectivity index (χ1) is 14.1. The third-order valence-electron chi connectivity index (χ3n) is 4.05. The van der Waals surface area contributed by atoms with Crippen molar-refractivity contribution in [2.24, 2.45) is 0 Å². The van der Waals surface area contributed by atoms with E-state index in [1.54, 1.807) is 48.5 Å². The average molecular weight is 423 g/mol. The van der Waals surface area contributed by atoms with Crippen molar-refractivity contribution in [1.29, 1.82) is 5.26 Å². The third-order valence-corrected chi connectivity index (χ3v) is 4.75. The Bertz CT molecular complexity index is 1100. The maximum atomic E-state index is 12.5. The minimum atomic E-state index is -0.554. The molecule has 0 spiro atoms. The zero-order valence-electron chi connectivity index (χ0n) is 15.2. The fourth-order valence-electron chi connectivity index (χ4n) is 2.56. The number of nitrogens with zero attached hydrogens (tertiary/aromatic N) is 1. The molecular weight excluding hydrogens is 407 g/mol. The van der Waals surface area contributed by atoms with E-state index in [0.717, 1.165) is 5.56 Å². The minimum Gasteiger partial charge on any atom is -0.488 e. The lowest BCUT2D eigenvalue weighted by Crippen LogP contribution is -2.13. The molecule has 3 aromatic carbocycles. The van der Waals surface area contributed by atoms with Crippen molar-refractivity contribution >= 4 is 40.9 Å². The van der Waals surface area contributed by atoms with E-state index in [0.29, 0.717) is 27.0 Å². The van der Waals surface area contributed by atoms with Gasteiger partial charge in [-0.15, -0.1) is 0 Å². The molecule has 144 valence electrons. The number of carbonyl (C=O) groups is 1. The molecule has 3 rings (SSSR count). The molecule has 0 aliphatic carbocycles. The van der Waals surface area contributed by atoms with Gasteiger partial charge in [0.1, 0.15) is 24.0 Å². The molecule has 0 aliphatic heterocycles. The fourth-order valence-corrected chi connectivity index (χ4v) is 2.93. The molecular formula is C23H16Cl2N2O2. The van der Waals surface area contributed by atoms with E-state index >= 15 is 0 Å². The molecule has 0 radical (unpaired) electrons. The zero-order chi connectivity index (χ0) is 20.6. The Morgan fingerprint density at radius 1 is 0.966 bits per heavy atom.